The molecule has 0 saturated heterocycles. The van der Waals surface area contributed by atoms with E-state index in [0.29, 0.717) is 6.10 Å². The molecule has 1 heteroatoms. The van der Waals surface area contributed by atoms with Gasteiger partial charge in [0.25, 0.3) is 0 Å². The summed E-state index contributed by atoms with van der Waals surface area (Å²) >= 11 is 0. The monoisotopic (exact) mass is 180 g/mol. The number of ether oxygens (including phenoxy) is 1. The molecule has 1 nitrogen and oxygen atoms in total. The van der Waals surface area contributed by atoms with Crippen molar-refractivity contribution >= 4 is 0 Å². The summed E-state index contributed by atoms with van der Waals surface area (Å²) in [4.78, 5) is 0. The summed E-state index contributed by atoms with van der Waals surface area (Å²) in [6.07, 6.45) is 11.9. The first kappa shape index (κ1) is 9.11. The van der Waals surface area contributed by atoms with Crippen LogP contribution >= 0.6 is 0 Å². The molecule has 74 valence electrons. The summed E-state index contributed by atoms with van der Waals surface area (Å²) in [5, 5.41) is 0. The van der Waals surface area contributed by atoms with E-state index >= 15 is 0 Å². The van der Waals surface area contributed by atoms with Gasteiger partial charge in [0.1, 0.15) is 6.10 Å². The third-order valence-corrected chi connectivity index (χ3v) is 3.78. The highest BCUT2D eigenvalue weighted by atomic mass is 16.5. The first-order valence-corrected chi connectivity index (χ1v) is 5.68. The Morgan fingerprint density at radius 3 is 2.62 bits per heavy atom. The predicted molar refractivity (Wildman–Crippen MR) is 54.4 cm³/mol. The maximum Gasteiger partial charge on any atom is 0.101 e. The van der Waals surface area contributed by atoms with Crippen molar-refractivity contribution in [2.75, 3.05) is 0 Å². The zero-order valence-electron chi connectivity index (χ0n) is 8.37. The second-order valence-electron chi connectivity index (χ2n) is 4.48. The lowest BCUT2D eigenvalue weighted by atomic mass is 9.69. The van der Waals surface area contributed by atoms with Crippen molar-refractivity contribution in [1.82, 2.24) is 0 Å². The summed E-state index contributed by atoms with van der Waals surface area (Å²) in [6, 6.07) is 0. The molecule has 3 unspecified atom stereocenters. The van der Waals surface area contributed by atoms with Crippen molar-refractivity contribution in [3.63, 3.8) is 0 Å². The largest absolute Gasteiger partial charge is 0.498 e. The zero-order valence-corrected chi connectivity index (χ0v) is 8.37. The average molecular weight is 180 g/mol. The lowest BCUT2D eigenvalue weighted by Gasteiger charge is -2.40. The quantitative estimate of drug-likeness (QED) is 0.591. The van der Waals surface area contributed by atoms with Crippen molar-refractivity contribution in [3.8, 4) is 0 Å². The fourth-order valence-electron chi connectivity index (χ4n) is 3.17. The Balaban J connectivity index is 1.98. The second kappa shape index (κ2) is 4.17. The van der Waals surface area contributed by atoms with Gasteiger partial charge in [0.2, 0.25) is 0 Å². The minimum Gasteiger partial charge on any atom is -0.498 e. The molecule has 2 aliphatic carbocycles. The molecule has 2 rings (SSSR count). The van der Waals surface area contributed by atoms with Gasteiger partial charge in [-0.25, -0.2) is 0 Å². The van der Waals surface area contributed by atoms with Gasteiger partial charge >= 0.3 is 0 Å². The van der Waals surface area contributed by atoms with Crippen LogP contribution in [0.5, 0.6) is 0 Å². The van der Waals surface area contributed by atoms with Crippen molar-refractivity contribution in [2.24, 2.45) is 11.8 Å². The van der Waals surface area contributed by atoms with E-state index in [1.54, 1.807) is 6.26 Å². The highest BCUT2D eigenvalue weighted by molar-refractivity contribution is 4.86. The van der Waals surface area contributed by atoms with Crippen LogP contribution in [0.15, 0.2) is 12.8 Å². The average Bonchev–Trinajstić information content (AvgIpc) is 2.19. The molecule has 13 heavy (non-hydrogen) atoms. The van der Waals surface area contributed by atoms with E-state index in [-0.39, 0.29) is 0 Å². The van der Waals surface area contributed by atoms with Gasteiger partial charge < -0.3 is 4.74 Å². The molecule has 0 aromatic rings. The van der Waals surface area contributed by atoms with E-state index in [9.17, 15) is 0 Å². The summed E-state index contributed by atoms with van der Waals surface area (Å²) in [7, 11) is 0. The lowest BCUT2D eigenvalue weighted by molar-refractivity contribution is -0.0000325. The molecule has 0 N–H and O–H groups in total. The standard InChI is InChI=1S/C12H20O/c1-2-13-12-9-5-7-10-6-3-4-8-11(10)12/h2,10-12H,1,3-9H2. The van der Waals surface area contributed by atoms with Crippen molar-refractivity contribution in [1.29, 1.82) is 0 Å². The smallest absolute Gasteiger partial charge is 0.101 e. The SMILES string of the molecule is C=COC1CCCC2CCCCC21. The van der Waals surface area contributed by atoms with Gasteiger partial charge in [-0.05, 0) is 37.5 Å². The Morgan fingerprint density at radius 2 is 1.77 bits per heavy atom. The predicted octanol–water partition coefficient (Wildman–Crippen LogP) is 3.51. The molecule has 0 heterocycles. The van der Waals surface area contributed by atoms with Gasteiger partial charge in [0.15, 0.2) is 0 Å². The number of hydrogen-bond acceptors (Lipinski definition) is 1. The highest BCUT2D eigenvalue weighted by Gasteiger charge is 2.35. The fraction of sp³-hybridized carbons (Fsp3) is 0.833. The summed E-state index contributed by atoms with van der Waals surface area (Å²) in [5.74, 6) is 1.81. The van der Waals surface area contributed by atoms with Crippen LogP contribution in [0, 0.1) is 11.8 Å². The van der Waals surface area contributed by atoms with E-state index < -0.39 is 0 Å². The van der Waals surface area contributed by atoms with Gasteiger partial charge in [0, 0.05) is 0 Å². The van der Waals surface area contributed by atoms with Crippen LogP contribution < -0.4 is 0 Å². The molecule has 2 saturated carbocycles. The van der Waals surface area contributed by atoms with Crippen LogP contribution in [0.25, 0.3) is 0 Å². The third kappa shape index (κ3) is 1.90. The van der Waals surface area contributed by atoms with Gasteiger partial charge in [-0.2, -0.15) is 0 Å². The molecular formula is C12H20O. The Morgan fingerprint density at radius 1 is 1.00 bits per heavy atom. The first-order chi connectivity index (χ1) is 6.42. The number of rotatable bonds is 2. The molecule has 2 fully saturated rings. The Labute approximate surface area is 81.2 Å². The van der Waals surface area contributed by atoms with Crippen molar-refractivity contribution < 1.29 is 4.74 Å². The minimum atomic E-state index is 0.497. The van der Waals surface area contributed by atoms with Gasteiger partial charge in [-0.15, -0.1) is 0 Å². The van der Waals surface area contributed by atoms with Crippen LogP contribution in [0.4, 0.5) is 0 Å². The van der Waals surface area contributed by atoms with Gasteiger partial charge in [-0.3, -0.25) is 0 Å². The number of fused-ring (bicyclic) bond motifs is 1. The van der Waals surface area contributed by atoms with Crippen LogP contribution in [0.3, 0.4) is 0 Å². The van der Waals surface area contributed by atoms with Crippen LogP contribution in [-0.2, 0) is 4.74 Å². The van der Waals surface area contributed by atoms with E-state index in [2.05, 4.69) is 6.58 Å². The Bertz CT molecular complexity index is 174. The highest BCUT2D eigenvalue weighted by Crippen LogP contribution is 2.41. The number of hydrogen-bond donors (Lipinski definition) is 0. The van der Waals surface area contributed by atoms with E-state index in [1.807, 2.05) is 0 Å². The third-order valence-electron chi connectivity index (χ3n) is 3.78. The lowest BCUT2D eigenvalue weighted by Crippen LogP contribution is -2.35. The summed E-state index contributed by atoms with van der Waals surface area (Å²) < 4.78 is 5.62. The molecule has 0 amide bonds. The molecule has 2 aliphatic rings. The van der Waals surface area contributed by atoms with Crippen LogP contribution in [-0.4, -0.2) is 6.10 Å². The zero-order chi connectivity index (χ0) is 9.10. The fourth-order valence-corrected chi connectivity index (χ4v) is 3.17. The van der Waals surface area contributed by atoms with Crippen LogP contribution in [0.1, 0.15) is 44.9 Å². The normalized spacial score (nSPS) is 39.2. The topological polar surface area (TPSA) is 9.23 Å². The van der Waals surface area contributed by atoms with Crippen molar-refractivity contribution in [3.05, 3.63) is 12.8 Å². The van der Waals surface area contributed by atoms with E-state index in [1.165, 1.54) is 44.9 Å². The molecule has 0 aromatic carbocycles. The van der Waals surface area contributed by atoms with E-state index in [4.69, 9.17) is 4.74 Å². The van der Waals surface area contributed by atoms with Gasteiger partial charge in [-0.1, -0.05) is 25.8 Å². The van der Waals surface area contributed by atoms with Gasteiger partial charge in [0.05, 0.1) is 6.26 Å². The minimum absolute atomic E-state index is 0.497. The molecule has 0 bridgehead atoms. The summed E-state index contributed by atoms with van der Waals surface area (Å²) in [6.45, 7) is 3.67. The molecule has 0 aliphatic heterocycles. The first-order valence-electron chi connectivity index (χ1n) is 5.68. The Kier molecular flexibility index (Phi) is 2.92. The molecule has 3 atom stereocenters. The van der Waals surface area contributed by atoms with Crippen molar-refractivity contribution in [2.45, 2.75) is 51.0 Å². The van der Waals surface area contributed by atoms with Crippen LogP contribution in [0.2, 0.25) is 0 Å². The maximum absolute atomic E-state index is 5.62. The molecular weight excluding hydrogens is 160 g/mol. The molecule has 0 aromatic heterocycles. The second-order valence-corrected chi connectivity index (χ2v) is 4.48. The van der Waals surface area contributed by atoms with E-state index in [0.717, 1.165) is 11.8 Å². The summed E-state index contributed by atoms with van der Waals surface area (Å²) in [5.41, 5.74) is 0. The molecule has 0 radical (unpaired) electrons. The Hall–Kier alpha value is -0.460. The molecule has 0 spiro atoms. The maximum atomic E-state index is 5.62.